The Morgan fingerprint density at radius 2 is 2.28 bits per heavy atom. The molecule has 0 aliphatic heterocycles. The van der Waals surface area contributed by atoms with Crippen molar-refractivity contribution >= 4 is 29.1 Å². The number of amidine groups is 1. The zero-order chi connectivity index (χ0) is 13.1. The van der Waals surface area contributed by atoms with Gasteiger partial charge in [-0.25, -0.2) is 4.98 Å². The molecule has 0 spiro atoms. The Kier molecular flexibility index (Phi) is 3.83. The Bertz CT molecular complexity index is 582. The number of nitrogens with one attached hydrogen (secondary N) is 1. The fraction of sp³-hybridized carbons (Fsp3) is 0.182. The molecular formula is C11H12N4OS2. The molecule has 0 radical (unpaired) electrons. The predicted molar refractivity (Wildman–Crippen MR) is 72.8 cm³/mol. The van der Waals surface area contributed by atoms with Gasteiger partial charge in [-0.15, -0.1) is 0 Å². The van der Waals surface area contributed by atoms with E-state index in [0.29, 0.717) is 5.56 Å². The highest BCUT2D eigenvalue weighted by Crippen LogP contribution is 2.33. The molecule has 0 saturated heterocycles. The highest BCUT2D eigenvalue weighted by Gasteiger charge is 2.11. The van der Waals surface area contributed by atoms with Gasteiger partial charge in [-0.05, 0) is 36.7 Å². The van der Waals surface area contributed by atoms with Crippen molar-refractivity contribution in [3.63, 3.8) is 0 Å². The van der Waals surface area contributed by atoms with Gasteiger partial charge in [-0.2, -0.15) is 4.37 Å². The lowest BCUT2D eigenvalue weighted by atomic mass is 10.2. The first kappa shape index (κ1) is 12.8. The summed E-state index contributed by atoms with van der Waals surface area (Å²) in [4.78, 5) is 5.13. The third kappa shape index (κ3) is 2.80. The molecule has 18 heavy (non-hydrogen) atoms. The molecule has 0 aliphatic rings. The number of rotatable bonds is 4. The van der Waals surface area contributed by atoms with Crippen LogP contribution in [0.5, 0.6) is 5.75 Å². The second-order valence-corrected chi connectivity index (χ2v) is 5.53. The van der Waals surface area contributed by atoms with Crippen molar-refractivity contribution in [3.05, 3.63) is 29.6 Å². The van der Waals surface area contributed by atoms with E-state index in [2.05, 4.69) is 9.36 Å². The topological polar surface area (TPSA) is 84.9 Å². The molecule has 7 heteroatoms. The number of aryl methyl sites for hydroxylation is 1. The number of nitrogens with two attached hydrogens (primary N) is 1. The number of nitrogen functional groups attached to an aromatic ring is 1. The average Bonchev–Trinajstić information content (AvgIpc) is 2.74. The molecule has 94 valence electrons. The van der Waals surface area contributed by atoms with Crippen molar-refractivity contribution in [2.75, 3.05) is 7.11 Å². The molecule has 0 fully saturated rings. The Morgan fingerprint density at radius 3 is 2.83 bits per heavy atom. The van der Waals surface area contributed by atoms with Crippen LogP contribution in [0.3, 0.4) is 0 Å². The maximum absolute atomic E-state index is 7.57. The number of hydrogen-bond donors (Lipinski definition) is 2. The largest absolute Gasteiger partial charge is 0.497 e. The van der Waals surface area contributed by atoms with Gasteiger partial charge >= 0.3 is 0 Å². The van der Waals surface area contributed by atoms with Crippen molar-refractivity contribution in [2.45, 2.75) is 16.2 Å². The lowest BCUT2D eigenvalue weighted by Crippen LogP contribution is -2.12. The van der Waals surface area contributed by atoms with Crippen molar-refractivity contribution in [1.82, 2.24) is 9.36 Å². The van der Waals surface area contributed by atoms with Gasteiger partial charge in [0, 0.05) is 10.5 Å². The molecule has 0 atom stereocenters. The molecule has 3 N–H and O–H groups in total. The van der Waals surface area contributed by atoms with Gasteiger partial charge in [0.1, 0.15) is 17.4 Å². The fourth-order valence-corrected chi connectivity index (χ4v) is 3.13. The smallest absolute Gasteiger partial charge is 0.174 e. The summed E-state index contributed by atoms with van der Waals surface area (Å²) >= 11 is 2.76. The molecule has 0 amide bonds. The number of benzene rings is 1. The number of methoxy groups -OCH3 is 1. The second-order valence-electron chi connectivity index (χ2n) is 3.49. The highest BCUT2D eigenvalue weighted by molar-refractivity contribution is 8.01. The Hall–Kier alpha value is -1.60. The minimum absolute atomic E-state index is 0.0291. The second kappa shape index (κ2) is 5.36. The summed E-state index contributed by atoms with van der Waals surface area (Å²) in [5.41, 5.74) is 6.24. The SMILES string of the molecule is COc1ccc(C(=N)N)c(Sc2nc(C)ns2)c1. The van der Waals surface area contributed by atoms with Crippen LogP contribution in [0, 0.1) is 12.3 Å². The predicted octanol–water partition coefficient (Wildman–Crippen LogP) is 2.29. The molecule has 0 bridgehead atoms. The number of aromatic nitrogens is 2. The molecule has 1 heterocycles. The fourth-order valence-electron chi connectivity index (χ4n) is 1.35. The van der Waals surface area contributed by atoms with Crippen molar-refractivity contribution in [3.8, 4) is 5.75 Å². The van der Waals surface area contributed by atoms with Gasteiger partial charge < -0.3 is 10.5 Å². The lowest BCUT2D eigenvalue weighted by Gasteiger charge is -2.08. The molecule has 0 aliphatic carbocycles. The van der Waals surface area contributed by atoms with E-state index in [0.717, 1.165) is 20.8 Å². The van der Waals surface area contributed by atoms with Crippen LogP contribution in [0.4, 0.5) is 0 Å². The Morgan fingerprint density at radius 1 is 1.50 bits per heavy atom. The third-order valence-corrected chi connectivity index (χ3v) is 4.09. The van der Waals surface area contributed by atoms with Crippen molar-refractivity contribution in [2.24, 2.45) is 5.73 Å². The zero-order valence-electron chi connectivity index (χ0n) is 9.93. The monoisotopic (exact) mass is 280 g/mol. The van der Waals surface area contributed by atoms with Gasteiger partial charge in [0.15, 0.2) is 4.34 Å². The molecule has 1 aromatic heterocycles. The van der Waals surface area contributed by atoms with E-state index in [1.807, 2.05) is 13.0 Å². The first-order chi connectivity index (χ1) is 8.60. The quantitative estimate of drug-likeness (QED) is 0.663. The van der Waals surface area contributed by atoms with Crippen molar-refractivity contribution in [1.29, 1.82) is 5.41 Å². The summed E-state index contributed by atoms with van der Waals surface area (Å²) in [6.07, 6.45) is 0. The van der Waals surface area contributed by atoms with Gasteiger partial charge in [0.2, 0.25) is 0 Å². The summed E-state index contributed by atoms with van der Waals surface area (Å²) in [5.74, 6) is 1.50. The number of ether oxygens (including phenoxy) is 1. The first-order valence-corrected chi connectivity index (χ1v) is 6.69. The summed E-state index contributed by atoms with van der Waals surface area (Å²) in [6.45, 7) is 1.85. The van der Waals surface area contributed by atoms with Crippen LogP contribution < -0.4 is 10.5 Å². The molecular weight excluding hydrogens is 268 g/mol. The first-order valence-electron chi connectivity index (χ1n) is 5.10. The number of hydrogen-bond acceptors (Lipinski definition) is 6. The van der Waals surface area contributed by atoms with Gasteiger partial charge in [0.05, 0.1) is 7.11 Å². The van der Waals surface area contributed by atoms with E-state index in [-0.39, 0.29) is 5.84 Å². The number of nitrogens with zero attached hydrogens (tertiary/aromatic N) is 2. The van der Waals surface area contributed by atoms with Crippen LogP contribution in [0.15, 0.2) is 27.4 Å². The standard InChI is InChI=1S/C11H12N4OS2/c1-6-14-11(18-15-6)17-9-5-7(16-2)3-4-8(9)10(12)13/h3-5H,1-2H3,(H3,12,13). The minimum Gasteiger partial charge on any atom is -0.497 e. The Labute approximate surface area is 113 Å². The van der Waals surface area contributed by atoms with Crippen LogP contribution in [0.2, 0.25) is 0 Å². The van der Waals surface area contributed by atoms with Gasteiger partial charge in [-0.1, -0.05) is 11.8 Å². The van der Waals surface area contributed by atoms with Crippen LogP contribution in [-0.4, -0.2) is 22.3 Å². The van der Waals surface area contributed by atoms with Crippen LogP contribution in [0.25, 0.3) is 0 Å². The summed E-state index contributed by atoms with van der Waals surface area (Å²) in [7, 11) is 1.60. The third-order valence-electron chi connectivity index (χ3n) is 2.19. The summed E-state index contributed by atoms with van der Waals surface area (Å²) in [5, 5.41) is 7.57. The molecule has 1 aromatic carbocycles. The van der Waals surface area contributed by atoms with E-state index >= 15 is 0 Å². The minimum atomic E-state index is 0.0291. The normalized spacial score (nSPS) is 10.3. The highest BCUT2D eigenvalue weighted by atomic mass is 32.2. The van der Waals surface area contributed by atoms with E-state index < -0.39 is 0 Å². The van der Waals surface area contributed by atoms with Crippen LogP contribution >= 0.6 is 23.3 Å². The molecule has 0 unspecified atom stereocenters. The maximum Gasteiger partial charge on any atom is 0.174 e. The molecule has 5 nitrogen and oxygen atoms in total. The molecule has 0 saturated carbocycles. The van der Waals surface area contributed by atoms with Crippen molar-refractivity contribution < 1.29 is 4.74 Å². The molecule has 2 aromatic rings. The van der Waals surface area contributed by atoms with Crippen LogP contribution in [-0.2, 0) is 0 Å². The Balaban J connectivity index is 2.37. The van der Waals surface area contributed by atoms with E-state index in [1.165, 1.54) is 23.3 Å². The lowest BCUT2D eigenvalue weighted by molar-refractivity contribution is 0.413. The maximum atomic E-state index is 7.57. The zero-order valence-corrected chi connectivity index (χ0v) is 11.6. The molecule has 2 rings (SSSR count). The summed E-state index contributed by atoms with van der Waals surface area (Å²) in [6, 6.07) is 5.40. The average molecular weight is 280 g/mol. The van der Waals surface area contributed by atoms with Crippen LogP contribution in [0.1, 0.15) is 11.4 Å². The van der Waals surface area contributed by atoms with E-state index in [1.54, 1.807) is 19.2 Å². The summed E-state index contributed by atoms with van der Waals surface area (Å²) < 4.78 is 10.1. The van der Waals surface area contributed by atoms with Gasteiger partial charge in [0.25, 0.3) is 0 Å². The van der Waals surface area contributed by atoms with E-state index in [4.69, 9.17) is 15.9 Å². The van der Waals surface area contributed by atoms with Gasteiger partial charge in [-0.3, -0.25) is 5.41 Å². The van der Waals surface area contributed by atoms with E-state index in [9.17, 15) is 0 Å².